The van der Waals surface area contributed by atoms with Crippen molar-refractivity contribution in [2.24, 2.45) is 17.6 Å². The van der Waals surface area contributed by atoms with Gasteiger partial charge in [-0.25, -0.2) is 4.39 Å². The maximum absolute atomic E-state index is 12.9. The van der Waals surface area contributed by atoms with Gasteiger partial charge in [0.15, 0.2) is 0 Å². The molecule has 19 heavy (non-hydrogen) atoms. The van der Waals surface area contributed by atoms with E-state index in [1.807, 2.05) is 6.92 Å². The van der Waals surface area contributed by atoms with Crippen molar-refractivity contribution in [3.8, 4) is 0 Å². The molecule has 0 bridgehead atoms. The predicted octanol–water partition coefficient (Wildman–Crippen LogP) is 2.38. The van der Waals surface area contributed by atoms with Crippen molar-refractivity contribution in [2.45, 2.75) is 32.2 Å². The van der Waals surface area contributed by atoms with Gasteiger partial charge in [-0.3, -0.25) is 4.79 Å². The summed E-state index contributed by atoms with van der Waals surface area (Å²) in [5.41, 5.74) is 6.61. The Balaban J connectivity index is 1.96. The number of amides is 1. The predicted molar refractivity (Wildman–Crippen MR) is 72.8 cm³/mol. The number of benzene rings is 1. The molecule has 2 unspecified atom stereocenters. The number of nitrogens with one attached hydrogen (secondary N) is 1. The van der Waals surface area contributed by atoms with Crippen LogP contribution in [0.25, 0.3) is 0 Å². The highest BCUT2D eigenvalue weighted by molar-refractivity contribution is 5.79. The van der Waals surface area contributed by atoms with Crippen LogP contribution in [0.5, 0.6) is 0 Å². The van der Waals surface area contributed by atoms with Gasteiger partial charge >= 0.3 is 0 Å². The molecule has 1 saturated carbocycles. The quantitative estimate of drug-likeness (QED) is 0.877. The van der Waals surface area contributed by atoms with Crippen molar-refractivity contribution in [3.05, 3.63) is 35.6 Å². The fourth-order valence-corrected chi connectivity index (χ4v) is 2.82. The van der Waals surface area contributed by atoms with E-state index in [0.717, 1.165) is 24.8 Å². The first-order valence-corrected chi connectivity index (χ1v) is 6.87. The summed E-state index contributed by atoms with van der Waals surface area (Å²) in [6, 6.07) is 6.13. The van der Waals surface area contributed by atoms with Gasteiger partial charge in [-0.1, -0.05) is 18.6 Å². The Labute approximate surface area is 113 Å². The number of halogens is 1. The summed E-state index contributed by atoms with van der Waals surface area (Å²) in [6.45, 7) is 2.49. The lowest BCUT2D eigenvalue weighted by atomic mass is 9.94. The van der Waals surface area contributed by atoms with Gasteiger partial charge in [0.1, 0.15) is 5.82 Å². The second-order valence-corrected chi connectivity index (χ2v) is 5.32. The number of hydrogen-bond acceptors (Lipinski definition) is 2. The zero-order chi connectivity index (χ0) is 13.8. The zero-order valence-corrected chi connectivity index (χ0v) is 11.2. The number of rotatable bonds is 4. The fourth-order valence-electron chi connectivity index (χ4n) is 2.82. The molecule has 1 aliphatic rings. The van der Waals surface area contributed by atoms with E-state index in [9.17, 15) is 9.18 Å². The summed E-state index contributed by atoms with van der Waals surface area (Å²) >= 11 is 0. The van der Waals surface area contributed by atoms with Gasteiger partial charge in [0, 0.05) is 5.92 Å². The van der Waals surface area contributed by atoms with Crippen LogP contribution in [0.4, 0.5) is 4.39 Å². The number of nitrogens with two attached hydrogens (primary N) is 1. The molecule has 1 aromatic rings. The molecule has 3 atom stereocenters. The minimum absolute atomic E-state index is 0.0351. The lowest BCUT2D eigenvalue weighted by Gasteiger charge is -2.21. The van der Waals surface area contributed by atoms with E-state index in [1.54, 1.807) is 12.1 Å². The van der Waals surface area contributed by atoms with Gasteiger partial charge in [-0.2, -0.15) is 0 Å². The highest BCUT2D eigenvalue weighted by atomic mass is 19.1. The van der Waals surface area contributed by atoms with Crippen molar-refractivity contribution < 1.29 is 9.18 Å². The summed E-state index contributed by atoms with van der Waals surface area (Å²) in [4.78, 5) is 12.2. The third kappa shape index (κ3) is 3.32. The highest BCUT2D eigenvalue weighted by Gasteiger charge is 2.32. The van der Waals surface area contributed by atoms with E-state index >= 15 is 0 Å². The Morgan fingerprint density at radius 3 is 2.74 bits per heavy atom. The first kappa shape index (κ1) is 14.0. The van der Waals surface area contributed by atoms with E-state index in [2.05, 4.69) is 5.32 Å². The van der Waals surface area contributed by atoms with E-state index in [1.165, 1.54) is 12.1 Å². The molecular weight excluding hydrogens is 243 g/mol. The van der Waals surface area contributed by atoms with Gasteiger partial charge in [0.05, 0.1) is 6.04 Å². The normalized spacial score (nSPS) is 24.2. The van der Waals surface area contributed by atoms with Crippen LogP contribution in [0.2, 0.25) is 0 Å². The topological polar surface area (TPSA) is 55.1 Å². The number of hydrogen-bond donors (Lipinski definition) is 2. The monoisotopic (exact) mass is 264 g/mol. The number of carbonyl (C=O) groups excluding carboxylic acids is 1. The summed E-state index contributed by atoms with van der Waals surface area (Å²) in [5.74, 6) is 0.152. The van der Waals surface area contributed by atoms with Gasteiger partial charge in [-0.15, -0.1) is 0 Å². The number of carbonyl (C=O) groups is 1. The van der Waals surface area contributed by atoms with E-state index in [0.29, 0.717) is 12.5 Å². The van der Waals surface area contributed by atoms with Crippen LogP contribution in [-0.4, -0.2) is 12.5 Å². The molecule has 1 aromatic carbocycles. The largest absolute Gasteiger partial charge is 0.349 e. The Morgan fingerprint density at radius 1 is 1.42 bits per heavy atom. The maximum Gasteiger partial charge on any atom is 0.223 e. The van der Waals surface area contributed by atoms with Crippen molar-refractivity contribution in [3.63, 3.8) is 0 Å². The van der Waals surface area contributed by atoms with Gasteiger partial charge in [-0.05, 0) is 49.9 Å². The van der Waals surface area contributed by atoms with Gasteiger partial charge in [0.25, 0.3) is 0 Å². The van der Waals surface area contributed by atoms with E-state index < -0.39 is 0 Å². The molecule has 3 N–H and O–H groups in total. The van der Waals surface area contributed by atoms with Gasteiger partial charge < -0.3 is 11.1 Å². The molecule has 0 saturated heterocycles. The summed E-state index contributed by atoms with van der Waals surface area (Å²) < 4.78 is 12.9. The average molecular weight is 264 g/mol. The fraction of sp³-hybridized carbons (Fsp3) is 0.533. The van der Waals surface area contributed by atoms with E-state index in [-0.39, 0.29) is 23.7 Å². The first-order valence-electron chi connectivity index (χ1n) is 6.87. The molecule has 1 aliphatic carbocycles. The molecule has 0 radical (unpaired) electrons. The molecular formula is C15H21FN2O. The molecule has 1 fully saturated rings. The molecule has 1 amide bonds. The molecule has 3 nitrogen and oxygen atoms in total. The van der Waals surface area contributed by atoms with Crippen molar-refractivity contribution >= 4 is 5.91 Å². The van der Waals surface area contributed by atoms with Crippen LogP contribution >= 0.6 is 0 Å². The molecule has 4 heteroatoms. The standard InChI is InChI=1S/C15H21FN2O/c1-10(11-5-7-13(16)8-6-11)18-15(19)14-4-2-3-12(14)9-17/h5-8,10,12,14H,2-4,9,17H2,1H3,(H,18,19)/t10-,12?,14?/m0/s1. The van der Waals surface area contributed by atoms with Crippen molar-refractivity contribution in [1.82, 2.24) is 5.32 Å². The third-order valence-electron chi connectivity index (χ3n) is 4.03. The van der Waals surface area contributed by atoms with Crippen LogP contribution in [0.3, 0.4) is 0 Å². The minimum atomic E-state index is -0.263. The zero-order valence-electron chi connectivity index (χ0n) is 11.2. The van der Waals surface area contributed by atoms with Crippen LogP contribution in [0.1, 0.15) is 37.8 Å². The Kier molecular flexibility index (Phi) is 4.53. The minimum Gasteiger partial charge on any atom is -0.349 e. The van der Waals surface area contributed by atoms with Crippen LogP contribution in [0, 0.1) is 17.7 Å². The highest BCUT2D eigenvalue weighted by Crippen LogP contribution is 2.31. The molecule has 2 rings (SSSR count). The lowest BCUT2D eigenvalue weighted by molar-refractivity contribution is -0.126. The molecule has 0 spiro atoms. The second-order valence-electron chi connectivity index (χ2n) is 5.32. The Hall–Kier alpha value is -1.42. The second kappa shape index (κ2) is 6.15. The van der Waals surface area contributed by atoms with Gasteiger partial charge in [0.2, 0.25) is 5.91 Å². The summed E-state index contributed by atoms with van der Waals surface area (Å²) in [7, 11) is 0. The summed E-state index contributed by atoms with van der Waals surface area (Å²) in [5, 5.41) is 3.00. The molecule has 0 heterocycles. The average Bonchev–Trinajstić information content (AvgIpc) is 2.87. The lowest BCUT2D eigenvalue weighted by Crippen LogP contribution is -2.36. The Morgan fingerprint density at radius 2 is 2.11 bits per heavy atom. The smallest absolute Gasteiger partial charge is 0.223 e. The third-order valence-corrected chi connectivity index (χ3v) is 4.03. The van der Waals surface area contributed by atoms with Crippen molar-refractivity contribution in [1.29, 1.82) is 0 Å². The molecule has 0 aromatic heterocycles. The molecule has 104 valence electrons. The maximum atomic E-state index is 12.9. The first-order chi connectivity index (χ1) is 9.11. The molecule has 0 aliphatic heterocycles. The summed E-state index contributed by atoms with van der Waals surface area (Å²) in [6.07, 6.45) is 3.04. The Bertz CT molecular complexity index is 432. The SMILES string of the molecule is C[C@H](NC(=O)C1CCCC1CN)c1ccc(F)cc1. The van der Waals surface area contributed by atoms with Crippen LogP contribution < -0.4 is 11.1 Å². The van der Waals surface area contributed by atoms with E-state index in [4.69, 9.17) is 5.73 Å². The van der Waals surface area contributed by atoms with Crippen LogP contribution in [-0.2, 0) is 4.79 Å². The van der Waals surface area contributed by atoms with Crippen molar-refractivity contribution in [2.75, 3.05) is 6.54 Å². The van der Waals surface area contributed by atoms with Crippen LogP contribution in [0.15, 0.2) is 24.3 Å².